The van der Waals surface area contributed by atoms with Gasteiger partial charge in [0.1, 0.15) is 29.2 Å². The molecule has 8 nitrogen and oxygen atoms in total. The molecule has 3 heterocycles. The first-order chi connectivity index (χ1) is 13.5. The van der Waals surface area contributed by atoms with E-state index in [1.165, 1.54) is 17.1 Å². The summed E-state index contributed by atoms with van der Waals surface area (Å²) in [6.07, 6.45) is 6.88. The molecular formula is C18H16FIN8. The van der Waals surface area contributed by atoms with Gasteiger partial charge in [0.05, 0.1) is 24.5 Å². The van der Waals surface area contributed by atoms with E-state index in [4.69, 9.17) is 0 Å². The molecule has 4 rings (SSSR count). The van der Waals surface area contributed by atoms with Gasteiger partial charge in [0, 0.05) is 23.9 Å². The average Bonchev–Trinajstić information content (AvgIpc) is 3.26. The lowest BCUT2D eigenvalue weighted by Crippen LogP contribution is -2.07. The molecule has 28 heavy (non-hydrogen) atoms. The molecule has 0 bridgehead atoms. The van der Waals surface area contributed by atoms with Gasteiger partial charge in [0.2, 0.25) is 0 Å². The summed E-state index contributed by atoms with van der Waals surface area (Å²) in [7, 11) is 3.80. The van der Waals surface area contributed by atoms with E-state index in [1.807, 2.05) is 29.8 Å². The molecule has 0 aliphatic carbocycles. The number of rotatable bonds is 5. The topological polar surface area (TPSA) is 77.0 Å². The second-order valence-corrected chi connectivity index (χ2v) is 7.48. The molecular weight excluding hydrogens is 474 g/mol. The predicted octanol–water partition coefficient (Wildman–Crippen LogP) is 3.03. The van der Waals surface area contributed by atoms with E-state index >= 15 is 0 Å². The first-order valence-corrected chi connectivity index (χ1v) is 9.47. The summed E-state index contributed by atoms with van der Waals surface area (Å²) in [5.41, 5.74) is 1.80. The van der Waals surface area contributed by atoms with E-state index in [1.54, 1.807) is 30.7 Å². The maximum atomic E-state index is 14.0. The Labute approximate surface area is 173 Å². The fraction of sp³-hybridized carbons (Fsp3) is 0.167. The van der Waals surface area contributed by atoms with Crippen LogP contribution in [0.5, 0.6) is 0 Å². The van der Waals surface area contributed by atoms with Gasteiger partial charge in [-0.2, -0.15) is 0 Å². The summed E-state index contributed by atoms with van der Waals surface area (Å²) in [4.78, 5) is 15.0. The minimum Gasteiger partial charge on any atom is -0.369 e. The van der Waals surface area contributed by atoms with E-state index in [0.29, 0.717) is 23.7 Å². The van der Waals surface area contributed by atoms with Gasteiger partial charge in [-0.3, -0.25) is 0 Å². The van der Waals surface area contributed by atoms with Gasteiger partial charge < -0.3 is 9.47 Å². The molecule has 0 fully saturated rings. The van der Waals surface area contributed by atoms with E-state index in [0.717, 1.165) is 14.6 Å². The largest absolute Gasteiger partial charge is 0.369 e. The lowest BCUT2D eigenvalue weighted by atomic mass is 10.3. The number of aliphatic imine (C=N–C) groups is 1. The van der Waals surface area contributed by atoms with Crippen LogP contribution in [0, 0.1) is 9.39 Å². The predicted molar refractivity (Wildman–Crippen MR) is 113 cm³/mol. The smallest absolute Gasteiger partial charge is 0.167 e. The molecule has 0 saturated heterocycles. The second kappa shape index (κ2) is 7.62. The van der Waals surface area contributed by atoms with Gasteiger partial charge in [-0.1, -0.05) is 17.3 Å². The van der Waals surface area contributed by atoms with Crippen molar-refractivity contribution in [2.24, 2.45) is 4.99 Å². The number of benzene rings is 1. The van der Waals surface area contributed by atoms with Crippen molar-refractivity contribution in [2.75, 3.05) is 14.1 Å². The molecule has 0 aliphatic rings. The SMILES string of the molecule is CN(C)/C=N\c1ncnc2c1c(I)cn2Cc1cn(-c2ccccc2F)nn1. The van der Waals surface area contributed by atoms with Gasteiger partial charge in [-0.25, -0.2) is 24.0 Å². The van der Waals surface area contributed by atoms with Crippen LogP contribution in [0.4, 0.5) is 10.2 Å². The van der Waals surface area contributed by atoms with Gasteiger partial charge in [0.15, 0.2) is 5.82 Å². The molecule has 1 aromatic carbocycles. The standard InChI is InChI=1S/C18H16FIN8/c1-26(2)11-23-17-16-14(20)9-27(18(16)22-10-21-17)7-12-8-28(25-24-12)15-6-4-3-5-13(15)19/h3-6,8-11H,7H2,1-2H3/b23-11-. The zero-order chi connectivity index (χ0) is 19.7. The van der Waals surface area contributed by atoms with Crippen molar-refractivity contribution < 1.29 is 4.39 Å². The summed E-state index contributed by atoms with van der Waals surface area (Å²) in [5.74, 6) is 0.257. The van der Waals surface area contributed by atoms with Crippen LogP contribution in [0.25, 0.3) is 16.7 Å². The fourth-order valence-corrected chi connectivity index (χ4v) is 3.57. The van der Waals surface area contributed by atoms with Crippen LogP contribution in [0.15, 0.2) is 48.0 Å². The van der Waals surface area contributed by atoms with Crippen LogP contribution in [0.1, 0.15) is 5.69 Å². The molecule has 0 spiro atoms. The van der Waals surface area contributed by atoms with E-state index < -0.39 is 0 Å². The maximum Gasteiger partial charge on any atom is 0.167 e. The monoisotopic (exact) mass is 490 g/mol. The third kappa shape index (κ3) is 3.59. The summed E-state index contributed by atoms with van der Waals surface area (Å²) < 4.78 is 18.4. The normalized spacial score (nSPS) is 11.6. The number of fused-ring (bicyclic) bond motifs is 1. The maximum absolute atomic E-state index is 14.0. The number of nitrogens with zero attached hydrogens (tertiary/aromatic N) is 8. The van der Waals surface area contributed by atoms with Crippen LogP contribution in [-0.2, 0) is 6.54 Å². The summed E-state index contributed by atoms with van der Waals surface area (Å²) in [5, 5.41) is 9.09. The van der Waals surface area contributed by atoms with Gasteiger partial charge in [0.25, 0.3) is 0 Å². The molecule has 0 amide bonds. The van der Waals surface area contributed by atoms with E-state index in [-0.39, 0.29) is 5.82 Å². The summed E-state index contributed by atoms with van der Waals surface area (Å²) in [6, 6.07) is 6.45. The first-order valence-electron chi connectivity index (χ1n) is 8.39. The number of hydrogen-bond donors (Lipinski definition) is 0. The highest BCUT2D eigenvalue weighted by atomic mass is 127. The van der Waals surface area contributed by atoms with Crippen LogP contribution in [0.3, 0.4) is 0 Å². The van der Waals surface area contributed by atoms with Crippen molar-refractivity contribution >= 4 is 45.8 Å². The number of halogens is 2. The third-order valence-electron chi connectivity index (χ3n) is 3.97. The average molecular weight is 490 g/mol. The molecule has 10 heteroatoms. The minimum absolute atomic E-state index is 0.351. The summed E-state index contributed by atoms with van der Waals surface area (Å²) >= 11 is 2.24. The number of hydrogen-bond acceptors (Lipinski definition) is 5. The Bertz CT molecular complexity index is 1160. The van der Waals surface area contributed by atoms with Crippen molar-refractivity contribution in [1.29, 1.82) is 0 Å². The molecule has 142 valence electrons. The lowest BCUT2D eigenvalue weighted by Gasteiger charge is -2.04. The van der Waals surface area contributed by atoms with Gasteiger partial charge in [-0.05, 0) is 34.7 Å². The Morgan fingerprint density at radius 1 is 1.21 bits per heavy atom. The molecule has 0 aliphatic heterocycles. The highest BCUT2D eigenvalue weighted by molar-refractivity contribution is 14.1. The van der Waals surface area contributed by atoms with Crippen molar-refractivity contribution in [3.05, 3.63) is 58.1 Å². The summed E-state index contributed by atoms with van der Waals surface area (Å²) in [6.45, 7) is 0.446. The Balaban J connectivity index is 1.68. The molecule has 0 N–H and O–H groups in total. The van der Waals surface area contributed by atoms with Crippen molar-refractivity contribution in [3.63, 3.8) is 0 Å². The van der Waals surface area contributed by atoms with Crippen molar-refractivity contribution in [2.45, 2.75) is 6.54 Å². The Hall–Kier alpha value is -2.89. The minimum atomic E-state index is -0.351. The molecule has 4 aromatic rings. The zero-order valence-corrected chi connectivity index (χ0v) is 17.3. The van der Waals surface area contributed by atoms with E-state index in [9.17, 15) is 4.39 Å². The van der Waals surface area contributed by atoms with Gasteiger partial charge >= 0.3 is 0 Å². The Morgan fingerprint density at radius 2 is 2.04 bits per heavy atom. The van der Waals surface area contributed by atoms with Crippen LogP contribution >= 0.6 is 22.6 Å². The molecule has 0 radical (unpaired) electrons. The third-order valence-corrected chi connectivity index (χ3v) is 4.79. The highest BCUT2D eigenvalue weighted by Gasteiger charge is 2.15. The van der Waals surface area contributed by atoms with Crippen molar-refractivity contribution in [1.82, 2.24) is 34.4 Å². The van der Waals surface area contributed by atoms with Crippen LogP contribution in [0.2, 0.25) is 0 Å². The highest BCUT2D eigenvalue weighted by Crippen LogP contribution is 2.29. The van der Waals surface area contributed by atoms with E-state index in [2.05, 4.69) is 47.9 Å². The quantitative estimate of drug-likeness (QED) is 0.244. The number of aromatic nitrogens is 6. The lowest BCUT2D eigenvalue weighted by molar-refractivity contribution is 0.607. The van der Waals surface area contributed by atoms with Crippen LogP contribution < -0.4 is 0 Å². The van der Waals surface area contributed by atoms with Crippen LogP contribution in [-0.4, -0.2) is 54.9 Å². The van der Waals surface area contributed by atoms with Crippen molar-refractivity contribution in [3.8, 4) is 5.69 Å². The first kappa shape index (κ1) is 18.5. The molecule has 0 saturated carbocycles. The number of para-hydroxylation sites is 1. The van der Waals surface area contributed by atoms with Gasteiger partial charge in [-0.15, -0.1) is 5.10 Å². The fourth-order valence-electron chi connectivity index (χ4n) is 2.75. The Kier molecular flexibility index (Phi) is 5.03. The molecule has 3 aromatic heterocycles. The molecule has 0 unspecified atom stereocenters. The zero-order valence-electron chi connectivity index (χ0n) is 15.2. The molecule has 0 atom stereocenters. The Morgan fingerprint density at radius 3 is 2.82 bits per heavy atom. The second-order valence-electron chi connectivity index (χ2n) is 6.31.